The van der Waals surface area contributed by atoms with Gasteiger partial charge in [-0.05, 0) is 43.2 Å². The number of aromatic carboxylic acids is 1. The zero-order chi connectivity index (χ0) is 22.0. The third-order valence-electron chi connectivity index (χ3n) is 6.45. The number of aryl methyl sites for hydroxylation is 1. The number of carboxylic acid groups (broad SMARTS) is 1. The number of anilines is 1. The van der Waals surface area contributed by atoms with Gasteiger partial charge in [-0.25, -0.2) is 9.78 Å². The van der Waals surface area contributed by atoms with Crippen LogP contribution in [-0.2, 0) is 11.8 Å². The maximum atomic E-state index is 13.0. The standard InChI is InChI=1S/C24H21N3O5/c1-26-10-14(9-20-22(28)17-8-13(24(29)30)2-5-19(17)32-20)21-18(6-7-25-23(21)26)27-11-15-3-4-16(12-27)31-15/h2,5-10,15-16H,3-4,11-12H2,1H3,(H,29,30)/b20-9-. The molecule has 2 atom stereocenters. The first-order valence-corrected chi connectivity index (χ1v) is 10.6. The molecular formula is C24H21N3O5. The number of hydrogen-bond donors (Lipinski definition) is 1. The van der Waals surface area contributed by atoms with E-state index in [2.05, 4.69) is 9.88 Å². The first-order valence-electron chi connectivity index (χ1n) is 10.6. The average Bonchev–Trinajstić information content (AvgIpc) is 3.41. The third kappa shape index (κ3) is 2.90. The predicted octanol–water partition coefficient (Wildman–Crippen LogP) is 3.26. The van der Waals surface area contributed by atoms with E-state index >= 15 is 0 Å². The Morgan fingerprint density at radius 2 is 2.00 bits per heavy atom. The Labute approximate surface area is 183 Å². The molecular weight excluding hydrogens is 410 g/mol. The minimum Gasteiger partial charge on any atom is -0.478 e. The van der Waals surface area contributed by atoms with E-state index in [1.165, 1.54) is 18.2 Å². The fourth-order valence-corrected chi connectivity index (χ4v) is 4.97. The summed E-state index contributed by atoms with van der Waals surface area (Å²) in [4.78, 5) is 31.2. The molecule has 2 unspecified atom stereocenters. The molecule has 3 aliphatic rings. The van der Waals surface area contributed by atoms with Crippen LogP contribution in [0.15, 0.2) is 42.4 Å². The first kappa shape index (κ1) is 19.1. The van der Waals surface area contributed by atoms with Crippen LogP contribution in [0.5, 0.6) is 5.75 Å². The zero-order valence-electron chi connectivity index (χ0n) is 17.4. The molecule has 2 bridgehead atoms. The van der Waals surface area contributed by atoms with Crippen molar-refractivity contribution in [2.24, 2.45) is 7.05 Å². The number of benzene rings is 1. The lowest BCUT2D eigenvalue weighted by molar-refractivity contribution is 0.0306. The number of aromatic nitrogens is 2. The van der Waals surface area contributed by atoms with Crippen LogP contribution >= 0.6 is 0 Å². The number of carbonyl (C=O) groups excluding carboxylic acids is 1. The largest absolute Gasteiger partial charge is 0.478 e. The van der Waals surface area contributed by atoms with Gasteiger partial charge in [0, 0.05) is 43.5 Å². The number of carboxylic acids is 1. The van der Waals surface area contributed by atoms with Crippen LogP contribution < -0.4 is 9.64 Å². The second-order valence-corrected chi connectivity index (χ2v) is 8.54. The van der Waals surface area contributed by atoms with Crippen molar-refractivity contribution in [1.29, 1.82) is 0 Å². The molecule has 2 fully saturated rings. The van der Waals surface area contributed by atoms with E-state index < -0.39 is 5.97 Å². The highest BCUT2D eigenvalue weighted by Gasteiger charge is 2.35. The van der Waals surface area contributed by atoms with Crippen molar-refractivity contribution < 1.29 is 24.2 Å². The summed E-state index contributed by atoms with van der Waals surface area (Å²) in [6, 6.07) is 6.34. The highest BCUT2D eigenvalue weighted by Crippen LogP contribution is 2.38. The summed E-state index contributed by atoms with van der Waals surface area (Å²) in [6.07, 6.45) is 8.14. The molecule has 0 radical (unpaired) electrons. The molecule has 3 aliphatic heterocycles. The van der Waals surface area contributed by atoms with Crippen molar-refractivity contribution in [1.82, 2.24) is 9.55 Å². The number of Topliss-reactive ketones (excluding diaryl/α,β-unsaturated/α-hetero) is 1. The van der Waals surface area contributed by atoms with Crippen LogP contribution in [0.1, 0.15) is 39.1 Å². The van der Waals surface area contributed by atoms with E-state index in [1.807, 2.05) is 30.1 Å². The molecule has 2 aromatic heterocycles. The van der Waals surface area contributed by atoms with E-state index in [1.54, 1.807) is 6.08 Å². The quantitative estimate of drug-likeness (QED) is 0.636. The van der Waals surface area contributed by atoms with Gasteiger partial charge in [-0.15, -0.1) is 0 Å². The number of hydrogen-bond acceptors (Lipinski definition) is 6. The maximum Gasteiger partial charge on any atom is 0.335 e. The maximum absolute atomic E-state index is 13.0. The Balaban J connectivity index is 1.43. The number of ether oxygens (including phenoxy) is 2. The van der Waals surface area contributed by atoms with Gasteiger partial charge in [0.1, 0.15) is 11.4 Å². The highest BCUT2D eigenvalue weighted by atomic mass is 16.5. The van der Waals surface area contributed by atoms with Crippen molar-refractivity contribution in [3.8, 4) is 5.75 Å². The minimum atomic E-state index is -1.08. The number of pyridine rings is 1. The van der Waals surface area contributed by atoms with Crippen LogP contribution in [0.2, 0.25) is 0 Å². The number of ketones is 1. The summed E-state index contributed by atoms with van der Waals surface area (Å²) in [7, 11) is 1.93. The molecule has 0 aliphatic carbocycles. The topological polar surface area (TPSA) is 93.9 Å². The number of morpholine rings is 1. The summed E-state index contributed by atoms with van der Waals surface area (Å²) in [5.74, 6) is -0.862. The molecule has 0 spiro atoms. The second kappa shape index (κ2) is 6.93. The fraction of sp³-hybridized carbons (Fsp3) is 0.292. The van der Waals surface area contributed by atoms with Crippen molar-refractivity contribution in [3.63, 3.8) is 0 Å². The van der Waals surface area contributed by atoms with Crippen LogP contribution in [0.4, 0.5) is 5.69 Å². The monoisotopic (exact) mass is 431 g/mol. The Morgan fingerprint density at radius 3 is 2.75 bits per heavy atom. The Bertz CT molecular complexity index is 1310. The van der Waals surface area contributed by atoms with E-state index in [-0.39, 0.29) is 34.9 Å². The molecule has 3 aromatic rings. The summed E-state index contributed by atoms with van der Waals surface area (Å²) in [5.41, 5.74) is 3.04. The lowest BCUT2D eigenvalue weighted by Gasteiger charge is -2.34. The predicted molar refractivity (Wildman–Crippen MR) is 117 cm³/mol. The van der Waals surface area contributed by atoms with Gasteiger partial charge >= 0.3 is 5.97 Å². The number of rotatable bonds is 3. The lowest BCUT2D eigenvalue weighted by atomic mass is 10.1. The van der Waals surface area contributed by atoms with Crippen LogP contribution in [-0.4, -0.2) is 51.7 Å². The molecule has 1 N–H and O–H groups in total. The van der Waals surface area contributed by atoms with E-state index in [0.29, 0.717) is 5.75 Å². The number of nitrogens with zero attached hydrogens (tertiary/aromatic N) is 3. The van der Waals surface area contributed by atoms with Crippen molar-refractivity contribution in [2.45, 2.75) is 25.0 Å². The summed E-state index contributed by atoms with van der Waals surface area (Å²) in [6.45, 7) is 1.67. The lowest BCUT2D eigenvalue weighted by Crippen LogP contribution is -2.42. The molecule has 2 saturated heterocycles. The zero-order valence-corrected chi connectivity index (χ0v) is 17.4. The van der Waals surface area contributed by atoms with Gasteiger partial charge in [0.2, 0.25) is 5.78 Å². The SMILES string of the molecule is Cn1cc(/C=C2\Oc3ccc(C(=O)O)cc3C2=O)c2c(N3CC4CCC(C3)O4)ccnc21. The number of carbonyl (C=O) groups is 2. The fourth-order valence-electron chi connectivity index (χ4n) is 4.97. The molecule has 1 aromatic carbocycles. The van der Waals surface area contributed by atoms with Crippen molar-refractivity contribution in [3.05, 3.63) is 59.1 Å². The van der Waals surface area contributed by atoms with Crippen LogP contribution in [0.3, 0.4) is 0 Å². The van der Waals surface area contributed by atoms with E-state index in [0.717, 1.165) is 48.2 Å². The van der Waals surface area contributed by atoms with E-state index in [4.69, 9.17) is 9.47 Å². The Hall–Kier alpha value is -3.65. The molecule has 32 heavy (non-hydrogen) atoms. The Morgan fingerprint density at radius 1 is 1.22 bits per heavy atom. The molecule has 5 heterocycles. The normalized spacial score (nSPS) is 23.1. The highest BCUT2D eigenvalue weighted by molar-refractivity contribution is 6.16. The van der Waals surface area contributed by atoms with Crippen molar-refractivity contribution in [2.75, 3.05) is 18.0 Å². The average molecular weight is 431 g/mol. The van der Waals surface area contributed by atoms with Crippen LogP contribution in [0, 0.1) is 0 Å². The molecule has 162 valence electrons. The van der Waals surface area contributed by atoms with Gasteiger partial charge in [-0.1, -0.05) is 0 Å². The molecule has 0 saturated carbocycles. The van der Waals surface area contributed by atoms with E-state index in [9.17, 15) is 14.7 Å². The number of allylic oxidation sites excluding steroid dienone is 1. The second-order valence-electron chi connectivity index (χ2n) is 8.54. The van der Waals surface area contributed by atoms with Gasteiger partial charge in [0.15, 0.2) is 5.76 Å². The summed E-state index contributed by atoms with van der Waals surface area (Å²) in [5, 5.41) is 10.2. The van der Waals surface area contributed by atoms with Gasteiger partial charge in [-0.2, -0.15) is 0 Å². The minimum absolute atomic E-state index is 0.0561. The van der Waals surface area contributed by atoms with Gasteiger partial charge in [0.25, 0.3) is 0 Å². The van der Waals surface area contributed by atoms with Gasteiger partial charge in [-0.3, -0.25) is 4.79 Å². The molecule has 8 nitrogen and oxygen atoms in total. The molecule has 6 rings (SSSR count). The summed E-state index contributed by atoms with van der Waals surface area (Å²) >= 11 is 0. The molecule has 8 heteroatoms. The van der Waals surface area contributed by atoms with Crippen molar-refractivity contribution >= 4 is 34.5 Å². The Kier molecular flexibility index (Phi) is 4.13. The van der Waals surface area contributed by atoms with Gasteiger partial charge in [0.05, 0.1) is 29.0 Å². The number of fused-ring (bicyclic) bond motifs is 4. The first-order chi connectivity index (χ1) is 15.5. The smallest absolute Gasteiger partial charge is 0.335 e. The molecule has 0 amide bonds. The van der Waals surface area contributed by atoms with Gasteiger partial charge < -0.3 is 24.0 Å². The summed E-state index contributed by atoms with van der Waals surface area (Å²) < 4.78 is 13.7. The third-order valence-corrected chi connectivity index (χ3v) is 6.45. The van der Waals surface area contributed by atoms with Crippen LogP contribution in [0.25, 0.3) is 17.1 Å².